The summed E-state index contributed by atoms with van der Waals surface area (Å²) >= 11 is 1.93. The van der Waals surface area contributed by atoms with E-state index < -0.39 is 0 Å². The molecule has 0 atom stereocenters. The Bertz CT molecular complexity index is 4150. The summed E-state index contributed by atoms with van der Waals surface area (Å²) in [6.07, 6.45) is 0. The van der Waals surface area contributed by atoms with Gasteiger partial charge in [-0.1, -0.05) is 151 Å². The zero-order chi connectivity index (χ0) is 48.6. The zero-order valence-electron chi connectivity index (χ0n) is 41.4. The Morgan fingerprint density at radius 3 is 1.71 bits per heavy atom. The quantitative estimate of drug-likeness (QED) is 0.160. The maximum atomic E-state index is 6.40. The molecule has 0 saturated heterocycles. The lowest BCUT2D eigenvalue weighted by molar-refractivity contribution is 0.590. The molecule has 0 amide bonds. The standard InChI is InChI=1S/C66H52BN3OS/c1-65(2,3)43-23-28-45(29-24-43)69-55-18-13-19-56-62(55)67(63-57(69)36-34-52-51-17-10-12-21-61(51)72-64(52)63)54-35-32-49(40-58(54)70(56)46-30-25-44(26-31-46)66(4,5)6)68(47-27-22-41-14-7-8-15-42(41)38-47)48-33-37-60-53(39-48)50-16-9-11-20-59(50)71-60/h7-40H,1-6H3. The molecule has 6 heteroatoms. The number of thiophene rings is 1. The molecule has 0 bridgehead atoms. The second kappa shape index (κ2) is 15.7. The minimum absolute atomic E-state index is 0.00660. The molecule has 72 heavy (non-hydrogen) atoms. The molecule has 14 rings (SSSR count). The van der Waals surface area contributed by atoms with Crippen molar-refractivity contribution in [3.05, 3.63) is 217 Å². The Morgan fingerprint density at radius 2 is 0.986 bits per heavy atom. The average Bonchev–Trinajstić information content (AvgIpc) is 3.97. The van der Waals surface area contributed by atoms with E-state index in [1.165, 1.54) is 81.2 Å². The molecule has 0 fully saturated rings. The second-order valence-corrected chi connectivity index (χ2v) is 22.8. The summed E-state index contributed by atoms with van der Waals surface area (Å²) in [4.78, 5) is 7.52. The summed E-state index contributed by atoms with van der Waals surface area (Å²) in [5, 5.41) is 7.22. The topological polar surface area (TPSA) is 22.9 Å². The molecule has 0 saturated carbocycles. The van der Waals surface area contributed by atoms with Crippen LogP contribution in [0.15, 0.2) is 211 Å². The fourth-order valence-corrected chi connectivity index (χ4v) is 13.0. The average molecular weight is 946 g/mol. The van der Waals surface area contributed by atoms with Crippen molar-refractivity contribution in [3.8, 4) is 0 Å². The van der Waals surface area contributed by atoms with Gasteiger partial charge in [0, 0.05) is 76.7 Å². The molecule has 0 spiro atoms. The molecular weight excluding hydrogens is 894 g/mol. The van der Waals surface area contributed by atoms with E-state index in [9.17, 15) is 0 Å². The molecule has 4 nitrogen and oxygen atoms in total. The molecule has 12 aromatic rings. The minimum Gasteiger partial charge on any atom is -0.456 e. The van der Waals surface area contributed by atoms with Gasteiger partial charge >= 0.3 is 0 Å². The Kier molecular flexibility index (Phi) is 9.34. The highest BCUT2D eigenvalue weighted by Gasteiger charge is 2.45. The molecule has 346 valence electrons. The first kappa shape index (κ1) is 42.8. The van der Waals surface area contributed by atoms with Crippen LogP contribution in [0.25, 0.3) is 52.9 Å². The Balaban J connectivity index is 1.05. The predicted molar refractivity (Wildman–Crippen MR) is 310 cm³/mol. The van der Waals surface area contributed by atoms with E-state index in [0.717, 1.165) is 50.4 Å². The Labute approximate surface area is 425 Å². The molecule has 0 radical (unpaired) electrons. The molecule has 10 aromatic carbocycles. The fourth-order valence-electron chi connectivity index (χ4n) is 11.7. The number of rotatable bonds is 5. The van der Waals surface area contributed by atoms with Crippen molar-refractivity contribution in [1.29, 1.82) is 0 Å². The number of hydrogen-bond acceptors (Lipinski definition) is 5. The SMILES string of the molecule is CC(C)(C)c1ccc(N2c3cc(N(c4ccc5ccccc5c4)c4ccc5oc6ccccc6c5c4)ccc3B3c4c2cccc4N(c2ccc(C(C)(C)C)cc2)c2ccc4c(sc5ccccc54)c23)cc1. The summed E-state index contributed by atoms with van der Waals surface area (Å²) < 4.78 is 9.05. The van der Waals surface area contributed by atoms with Gasteiger partial charge in [0.2, 0.25) is 0 Å². The van der Waals surface area contributed by atoms with Crippen LogP contribution in [-0.4, -0.2) is 6.71 Å². The lowest BCUT2D eigenvalue weighted by atomic mass is 9.33. The number of nitrogens with zero attached hydrogens (tertiary/aromatic N) is 3. The molecule has 4 heterocycles. The summed E-state index contributed by atoms with van der Waals surface area (Å²) in [6.45, 7) is 13.7. The fraction of sp³-hybridized carbons (Fsp3) is 0.121. The number of para-hydroxylation sites is 1. The third kappa shape index (κ3) is 6.58. The molecule has 0 aliphatic carbocycles. The van der Waals surface area contributed by atoms with Crippen molar-refractivity contribution < 1.29 is 4.42 Å². The summed E-state index contributed by atoms with van der Waals surface area (Å²) in [5.74, 6) is 0. The van der Waals surface area contributed by atoms with Crippen LogP contribution in [0, 0.1) is 0 Å². The molecule has 0 unspecified atom stereocenters. The van der Waals surface area contributed by atoms with Gasteiger partial charge in [0.25, 0.3) is 6.71 Å². The smallest absolute Gasteiger partial charge is 0.254 e. The van der Waals surface area contributed by atoms with Gasteiger partial charge in [-0.05, 0) is 152 Å². The summed E-state index contributed by atoms with van der Waals surface area (Å²) in [5.41, 5.74) is 18.7. The van der Waals surface area contributed by atoms with Gasteiger partial charge in [-0.3, -0.25) is 0 Å². The van der Waals surface area contributed by atoms with Crippen LogP contribution >= 0.6 is 11.3 Å². The van der Waals surface area contributed by atoms with E-state index in [0.29, 0.717) is 0 Å². The van der Waals surface area contributed by atoms with Crippen molar-refractivity contribution in [3.63, 3.8) is 0 Å². The van der Waals surface area contributed by atoms with Crippen molar-refractivity contribution in [2.75, 3.05) is 14.7 Å². The molecule has 0 N–H and O–H groups in total. The van der Waals surface area contributed by atoms with E-state index in [-0.39, 0.29) is 17.5 Å². The van der Waals surface area contributed by atoms with Crippen LogP contribution in [0.4, 0.5) is 51.2 Å². The maximum Gasteiger partial charge on any atom is 0.254 e. The number of benzene rings is 10. The van der Waals surface area contributed by atoms with Gasteiger partial charge in [-0.25, -0.2) is 0 Å². The third-order valence-corrected chi connectivity index (χ3v) is 16.6. The van der Waals surface area contributed by atoms with E-state index in [4.69, 9.17) is 4.42 Å². The van der Waals surface area contributed by atoms with Crippen LogP contribution < -0.4 is 31.1 Å². The number of fused-ring (bicyclic) bond motifs is 12. The minimum atomic E-state index is -0.0510. The van der Waals surface area contributed by atoms with E-state index in [2.05, 4.69) is 256 Å². The lowest BCUT2D eigenvalue weighted by Gasteiger charge is -2.44. The highest BCUT2D eigenvalue weighted by molar-refractivity contribution is 7.28. The van der Waals surface area contributed by atoms with Crippen LogP contribution in [-0.2, 0) is 10.8 Å². The lowest BCUT2D eigenvalue weighted by Crippen LogP contribution is -2.61. The first-order chi connectivity index (χ1) is 35.0. The Morgan fingerprint density at radius 1 is 0.417 bits per heavy atom. The van der Waals surface area contributed by atoms with Crippen molar-refractivity contribution in [2.45, 2.75) is 52.4 Å². The number of furan rings is 1. The van der Waals surface area contributed by atoms with Gasteiger partial charge < -0.3 is 19.1 Å². The van der Waals surface area contributed by atoms with Gasteiger partial charge in [0.05, 0.1) is 0 Å². The second-order valence-electron chi connectivity index (χ2n) is 21.8. The van der Waals surface area contributed by atoms with Crippen molar-refractivity contribution >= 4 is 139 Å². The monoisotopic (exact) mass is 945 g/mol. The van der Waals surface area contributed by atoms with Gasteiger partial charge in [-0.15, -0.1) is 11.3 Å². The summed E-state index contributed by atoms with van der Waals surface area (Å²) in [6, 6.07) is 77.1. The van der Waals surface area contributed by atoms with E-state index in [1.54, 1.807) is 0 Å². The van der Waals surface area contributed by atoms with Gasteiger partial charge in [0.15, 0.2) is 0 Å². The maximum absolute atomic E-state index is 6.40. The first-order valence-electron chi connectivity index (χ1n) is 25.2. The van der Waals surface area contributed by atoms with Crippen LogP contribution in [0.3, 0.4) is 0 Å². The highest BCUT2D eigenvalue weighted by atomic mass is 32.1. The van der Waals surface area contributed by atoms with Gasteiger partial charge in [-0.2, -0.15) is 0 Å². The molecular formula is C66H52BN3OS. The van der Waals surface area contributed by atoms with Crippen molar-refractivity contribution in [2.24, 2.45) is 0 Å². The molecule has 2 aliphatic heterocycles. The van der Waals surface area contributed by atoms with E-state index >= 15 is 0 Å². The molecule has 2 aliphatic rings. The third-order valence-electron chi connectivity index (χ3n) is 15.3. The highest BCUT2D eigenvalue weighted by Crippen LogP contribution is 2.49. The first-order valence-corrected chi connectivity index (χ1v) is 26.0. The van der Waals surface area contributed by atoms with Crippen molar-refractivity contribution in [1.82, 2.24) is 0 Å². The normalized spacial score (nSPS) is 13.3. The number of anilines is 9. The molecule has 2 aromatic heterocycles. The summed E-state index contributed by atoms with van der Waals surface area (Å²) in [7, 11) is 0. The van der Waals surface area contributed by atoms with Crippen LogP contribution in [0.2, 0.25) is 0 Å². The van der Waals surface area contributed by atoms with Gasteiger partial charge in [0.1, 0.15) is 11.2 Å². The number of hydrogen-bond donors (Lipinski definition) is 0. The van der Waals surface area contributed by atoms with E-state index in [1.807, 2.05) is 17.4 Å². The zero-order valence-corrected chi connectivity index (χ0v) is 42.2. The largest absolute Gasteiger partial charge is 0.456 e. The van der Waals surface area contributed by atoms with Crippen LogP contribution in [0.5, 0.6) is 0 Å². The predicted octanol–water partition coefficient (Wildman–Crippen LogP) is 17.3. The van der Waals surface area contributed by atoms with Crippen LogP contribution in [0.1, 0.15) is 52.7 Å². The Hall–Kier alpha value is -8.06.